The summed E-state index contributed by atoms with van der Waals surface area (Å²) in [7, 11) is 0. The largest absolute Gasteiger partial charge is 0.508 e. The van der Waals surface area contributed by atoms with Crippen LogP contribution in [0.2, 0.25) is 0 Å². The molecule has 0 amide bonds. The van der Waals surface area contributed by atoms with Gasteiger partial charge in [0.15, 0.2) is 0 Å². The number of phenolic OH excluding ortho intramolecular Hbond substituents is 1. The van der Waals surface area contributed by atoms with Crippen LogP contribution in [0.25, 0.3) is 0 Å². The lowest BCUT2D eigenvalue weighted by Crippen LogP contribution is -2.36. The molecular weight excluding hydrogens is 274 g/mol. The van der Waals surface area contributed by atoms with Gasteiger partial charge in [0.25, 0.3) is 0 Å². The number of rotatable bonds is 6. The normalized spacial score (nSPS) is 16.9. The smallest absolute Gasteiger partial charge is 0.119 e. The van der Waals surface area contributed by atoms with E-state index in [0.717, 1.165) is 38.3 Å². The molecule has 1 aromatic carbocycles. The molecular formula is C19H31NO2. The van der Waals surface area contributed by atoms with Gasteiger partial charge in [-0.15, -0.1) is 0 Å². The first-order chi connectivity index (χ1) is 10.5. The highest BCUT2D eigenvalue weighted by Crippen LogP contribution is 2.31. The monoisotopic (exact) mass is 305 g/mol. The van der Waals surface area contributed by atoms with E-state index >= 15 is 0 Å². The fraction of sp³-hybridized carbons (Fsp3) is 0.684. The summed E-state index contributed by atoms with van der Waals surface area (Å²) in [6.07, 6.45) is 4.86. The van der Waals surface area contributed by atoms with Crippen LogP contribution in [-0.2, 0) is 16.6 Å². The Labute approximate surface area is 135 Å². The minimum atomic E-state index is -0.00355. The van der Waals surface area contributed by atoms with E-state index in [0.29, 0.717) is 5.75 Å². The summed E-state index contributed by atoms with van der Waals surface area (Å²) in [6.45, 7) is 11.6. The highest BCUT2D eigenvalue weighted by atomic mass is 16.5. The van der Waals surface area contributed by atoms with E-state index in [2.05, 4.69) is 37.8 Å². The van der Waals surface area contributed by atoms with E-state index in [1.54, 1.807) is 0 Å². The third kappa shape index (κ3) is 5.29. The van der Waals surface area contributed by atoms with Crippen LogP contribution in [0.1, 0.15) is 51.2 Å². The summed E-state index contributed by atoms with van der Waals surface area (Å²) >= 11 is 0. The van der Waals surface area contributed by atoms with Gasteiger partial charge in [-0.3, -0.25) is 4.90 Å². The predicted molar refractivity (Wildman–Crippen MR) is 91.6 cm³/mol. The Bertz CT molecular complexity index is 459. The molecule has 22 heavy (non-hydrogen) atoms. The van der Waals surface area contributed by atoms with Crippen LogP contribution in [0.15, 0.2) is 18.2 Å². The Balaban J connectivity index is 1.72. The average Bonchev–Trinajstić information content (AvgIpc) is 2.48. The van der Waals surface area contributed by atoms with Gasteiger partial charge >= 0.3 is 0 Å². The van der Waals surface area contributed by atoms with Crippen LogP contribution in [0.4, 0.5) is 0 Å². The molecule has 1 aliphatic heterocycles. The number of phenols is 1. The molecule has 124 valence electrons. The lowest BCUT2D eigenvalue weighted by molar-refractivity contribution is 0.0371. The number of benzene rings is 1. The molecule has 0 bridgehead atoms. The number of morpholine rings is 1. The second-order valence-electron chi connectivity index (χ2n) is 7.37. The fourth-order valence-electron chi connectivity index (χ4n) is 3.01. The first-order valence-electron chi connectivity index (χ1n) is 8.59. The molecule has 1 N–H and O–H groups in total. The summed E-state index contributed by atoms with van der Waals surface area (Å²) in [4.78, 5) is 2.50. The van der Waals surface area contributed by atoms with E-state index in [4.69, 9.17) is 4.74 Å². The van der Waals surface area contributed by atoms with Crippen LogP contribution in [-0.4, -0.2) is 42.9 Å². The highest BCUT2D eigenvalue weighted by Gasteiger charge is 2.18. The Kier molecular flexibility index (Phi) is 6.27. The van der Waals surface area contributed by atoms with Crippen molar-refractivity contribution in [2.45, 2.75) is 51.9 Å². The topological polar surface area (TPSA) is 32.7 Å². The van der Waals surface area contributed by atoms with Crippen molar-refractivity contribution in [3.8, 4) is 5.75 Å². The molecule has 0 unspecified atom stereocenters. The fourth-order valence-corrected chi connectivity index (χ4v) is 3.01. The number of unbranched alkanes of at least 4 members (excludes halogenated alkanes) is 2. The maximum atomic E-state index is 10.0. The lowest BCUT2D eigenvalue weighted by Gasteiger charge is -2.26. The van der Waals surface area contributed by atoms with Crippen LogP contribution < -0.4 is 0 Å². The van der Waals surface area contributed by atoms with Gasteiger partial charge in [-0.05, 0) is 48.4 Å². The van der Waals surface area contributed by atoms with Gasteiger partial charge in [-0.1, -0.05) is 39.3 Å². The summed E-state index contributed by atoms with van der Waals surface area (Å²) in [6, 6.07) is 6.09. The van der Waals surface area contributed by atoms with E-state index in [1.165, 1.54) is 31.4 Å². The zero-order valence-electron chi connectivity index (χ0n) is 14.4. The highest BCUT2D eigenvalue weighted by molar-refractivity contribution is 5.40. The maximum Gasteiger partial charge on any atom is 0.119 e. The number of aromatic hydroxyl groups is 1. The van der Waals surface area contributed by atoms with Crippen molar-refractivity contribution >= 4 is 0 Å². The van der Waals surface area contributed by atoms with Gasteiger partial charge in [-0.25, -0.2) is 0 Å². The van der Waals surface area contributed by atoms with Gasteiger partial charge in [0.1, 0.15) is 5.75 Å². The van der Waals surface area contributed by atoms with E-state index < -0.39 is 0 Å². The molecule has 2 rings (SSSR count). The molecule has 1 saturated heterocycles. The number of hydrogen-bond acceptors (Lipinski definition) is 3. The Hall–Kier alpha value is -1.06. The Morgan fingerprint density at radius 3 is 2.50 bits per heavy atom. The SMILES string of the molecule is CC(C)(C)c1cc(CCCCCN2CCOCC2)ccc1O. The number of ether oxygens (including phenoxy) is 1. The molecule has 0 spiro atoms. The molecule has 1 aromatic rings. The van der Waals surface area contributed by atoms with Crippen LogP contribution in [0.3, 0.4) is 0 Å². The zero-order chi connectivity index (χ0) is 16.0. The first kappa shape index (κ1) is 17.3. The van der Waals surface area contributed by atoms with Crippen LogP contribution in [0.5, 0.6) is 5.75 Å². The zero-order valence-corrected chi connectivity index (χ0v) is 14.4. The van der Waals surface area contributed by atoms with Gasteiger partial charge in [0.05, 0.1) is 13.2 Å². The summed E-state index contributed by atoms with van der Waals surface area (Å²) < 4.78 is 5.37. The molecule has 0 radical (unpaired) electrons. The molecule has 0 aliphatic carbocycles. The molecule has 3 heteroatoms. The standard InChI is InChI=1S/C19H31NO2/c1-19(2,3)17-15-16(8-9-18(17)21)7-5-4-6-10-20-11-13-22-14-12-20/h8-9,15,21H,4-7,10-14H2,1-3H3. The molecule has 1 aliphatic rings. The van der Waals surface area contributed by atoms with Gasteiger partial charge in [-0.2, -0.15) is 0 Å². The summed E-state index contributed by atoms with van der Waals surface area (Å²) in [5.74, 6) is 0.420. The Morgan fingerprint density at radius 1 is 1.09 bits per heavy atom. The van der Waals surface area contributed by atoms with Crippen LogP contribution in [0, 0.1) is 0 Å². The number of hydrogen-bond donors (Lipinski definition) is 1. The lowest BCUT2D eigenvalue weighted by atomic mass is 9.85. The van der Waals surface area contributed by atoms with E-state index in [9.17, 15) is 5.11 Å². The van der Waals surface area contributed by atoms with Crippen molar-refractivity contribution in [2.75, 3.05) is 32.8 Å². The van der Waals surface area contributed by atoms with Crippen molar-refractivity contribution in [2.24, 2.45) is 0 Å². The molecule has 0 aromatic heterocycles. The van der Waals surface area contributed by atoms with Crippen molar-refractivity contribution in [3.05, 3.63) is 29.3 Å². The van der Waals surface area contributed by atoms with Crippen LogP contribution >= 0.6 is 0 Å². The minimum absolute atomic E-state index is 0.00355. The minimum Gasteiger partial charge on any atom is -0.508 e. The third-order valence-corrected chi connectivity index (χ3v) is 4.41. The molecule has 0 atom stereocenters. The molecule has 0 saturated carbocycles. The van der Waals surface area contributed by atoms with Gasteiger partial charge in [0.2, 0.25) is 0 Å². The maximum absolute atomic E-state index is 10.0. The quantitative estimate of drug-likeness (QED) is 0.813. The van der Waals surface area contributed by atoms with Crippen molar-refractivity contribution in [1.82, 2.24) is 4.90 Å². The molecule has 1 heterocycles. The predicted octanol–water partition coefficient (Wildman–Crippen LogP) is 3.73. The van der Waals surface area contributed by atoms with Crippen molar-refractivity contribution in [1.29, 1.82) is 0 Å². The first-order valence-corrected chi connectivity index (χ1v) is 8.59. The Morgan fingerprint density at radius 2 is 1.82 bits per heavy atom. The summed E-state index contributed by atoms with van der Waals surface area (Å²) in [5, 5.41) is 10.0. The van der Waals surface area contributed by atoms with E-state index in [-0.39, 0.29) is 5.41 Å². The second-order valence-corrected chi connectivity index (χ2v) is 7.37. The number of aryl methyl sites for hydroxylation is 1. The second kappa shape index (κ2) is 7.98. The van der Waals surface area contributed by atoms with E-state index in [1.807, 2.05) is 6.07 Å². The number of nitrogens with zero attached hydrogens (tertiary/aromatic N) is 1. The molecule has 1 fully saturated rings. The van der Waals surface area contributed by atoms with Crippen molar-refractivity contribution < 1.29 is 9.84 Å². The molecule has 3 nitrogen and oxygen atoms in total. The average molecular weight is 305 g/mol. The van der Waals surface area contributed by atoms with Gasteiger partial charge in [0, 0.05) is 13.1 Å². The van der Waals surface area contributed by atoms with Crippen molar-refractivity contribution in [3.63, 3.8) is 0 Å². The van der Waals surface area contributed by atoms with Gasteiger partial charge < -0.3 is 9.84 Å². The summed E-state index contributed by atoms with van der Waals surface area (Å²) in [5.41, 5.74) is 2.39. The third-order valence-electron chi connectivity index (χ3n) is 4.41.